The van der Waals surface area contributed by atoms with E-state index in [1.165, 1.54) is 24.3 Å². The lowest BCUT2D eigenvalue weighted by molar-refractivity contribution is -0.384. The van der Waals surface area contributed by atoms with Crippen LogP contribution in [0.25, 0.3) is 0 Å². The summed E-state index contributed by atoms with van der Waals surface area (Å²) in [4.78, 5) is 24.5. The van der Waals surface area contributed by atoms with Crippen molar-refractivity contribution in [3.05, 3.63) is 68.3 Å². The fourth-order valence-electron chi connectivity index (χ4n) is 4.09. The van der Waals surface area contributed by atoms with Crippen molar-refractivity contribution in [1.82, 2.24) is 0 Å². The number of hydrogen-bond acceptors (Lipinski definition) is 6. The Hall–Kier alpha value is -3.30. The number of anilines is 2. The molecule has 32 heavy (non-hydrogen) atoms. The lowest BCUT2D eigenvalue weighted by atomic mass is 10.1. The molecule has 0 aromatic heterocycles. The molecule has 2 aliphatic rings. The molecule has 8 nitrogen and oxygen atoms in total. The van der Waals surface area contributed by atoms with Crippen LogP contribution in [-0.2, 0) is 0 Å². The summed E-state index contributed by atoms with van der Waals surface area (Å²) in [5, 5.41) is 21.7. The van der Waals surface area contributed by atoms with Crippen molar-refractivity contribution in [3.63, 3.8) is 0 Å². The second kappa shape index (κ2) is 10.8. The van der Waals surface area contributed by atoms with Gasteiger partial charge in [-0.15, -0.1) is 0 Å². The molecule has 2 aromatic carbocycles. The number of rotatable bonds is 4. The van der Waals surface area contributed by atoms with E-state index in [2.05, 4.69) is 0 Å². The lowest BCUT2D eigenvalue weighted by Crippen LogP contribution is -2.29. The summed E-state index contributed by atoms with van der Waals surface area (Å²) in [6, 6.07) is 7.53. The third-order valence-electron chi connectivity index (χ3n) is 5.66. The van der Waals surface area contributed by atoms with Crippen LogP contribution in [0.2, 0.25) is 0 Å². The van der Waals surface area contributed by atoms with Gasteiger partial charge in [0.25, 0.3) is 11.4 Å². The minimum Gasteiger partial charge on any atom is -0.366 e. The van der Waals surface area contributed by atoms with Crippen LogP contribution in [0, 0.1) is 31.9 Å². The van der Waals surface area contributed by atoms with Gasteiger partial charge in [0.05, 0.1) is 22.0 Å². The standard InChI is InChI=1S/2C11H13FN2O2/c2*12-9-4-5-10(11(8-9)14(15)16)13-6-2-1-3-7-13/h2*4-5,8H,1-3,6-7H2. The number of nitro groups is 2. The summed E-state index contributed by atoms with van der Waals surface area (Å²) in [7, 11) is 0. The van der Waals surface area contributed by atoms with E-state index >= 15 is 0 Å². The smallest absolute Gasteiger partial charge is 0.295 e. The van der Waals surface area contributed by atoms with Crippen LogP contribution in [0.15, 0.2) is 36.4 Å². The minimum atomic E-state index is -0.563. The van der Waals surface area contributed by atoms with Crippen LogP contribution in [0.4, 0.5) is 31.5 Å². The Kier molecular flexibility index (Phi) is 7.91. The van der Waals surface area contributed by atoms with Crippen molar-refractivity contribution >= 4 is 22.7 Å². The van der Waals surface area contributed by atoms with Gasteiger partial charge in [0, 0.05) is 26.2 Å². The fraction of sp³-hybridized carbons (Fsp3) is 0.455. The summed E-state index contributed by atoms with van der Waals surface area (Å²) in [5.74, 6) is -1.13. The number of benzene rings is 2. The Morgan fingerprint density at radius 2 is 0.969 bits per heavy atom. The minimum absolute atomic E-state index is 0.137. The maximum Gasteiger partial charge on any atom is 0.295 e. The first kappa shape index (κ1) is 23.4. The van der Waals surface area contributed by atoms with Gasteiger partial charge in [-0.25, -0.2) is 8.78 Å². The van der Waals surface area contributed by atoms with E-state index in [-0.39, 0.29) is 11.4 Å². The van der Waals surface area contributed by atoms with Crippen molar-refractivity contribution in [1.29, 1.82) is 0 Å². The van der Waals surface area contributed by atoms with E-state index in [0.717, 1.165) is 76.8 Å². The number of halogens is 2. The van der Waals surface area contributed by atoms with Crippen LogP contribution < -0.4 is 9.80 Å². The fourth-order valence-corrected chi connectivity index (χ4v) is 4.09. The molecule has 10 heteroatoms. The van der Waals surface area contributed by atoms with Crippen LogP contribution in [0.1, 0.15) is 38.5 Å². The molecule has 0 aliphatic carbocycles. The maximum absolute atomic E-state index is 13.0. The van der Waals surface area contributed by atoms with Crippen molar-refractivity contribution < 1.29 is 18.6 Å². The zero-order valence-corrected chi connectivity index (χ0v) is 17.7. The first-order chi connectivity index (χ1) is 15.4. The van der Waals surface area contributed by atoms with E-state index in [9.17, 15) is 29.0 Å². The molecule has 0 amide bonds. The average Bonchev–Trinajstić information content (AvgIpc) is 2.80. The Balaban J connectivity index is 0.000000181. The van der Waals surface area contributed by atoms with E-state index in [0.29, 0.717) is 11.4 Å². The molecule has 2 heterocycles. The third-order valence-corrected chi connectivity index (χ3v) is 5.66. The molecule has 2 fully saturated rings. The zero-order valence-electron chi connectivity index (χ0n) is 17.7. The lowest BCUT2D eigenvalue weighted by Gasteiger charge is -2.28. The summed E-state index contributed by atoms with van der Waals surface area (Å²) in [6.07, 6.45) is 6.46. The second-order valence-corrected chi connectivity index (χ2v) is 7.88. The van der Waals surface area contributed by atoms with Crippen molar-refractivity contribution in [2.45, 2.75) is 38.5 Å². The molecule has 0 bridgehead atoms. The van der Waals surface area contributed by atoms with E-state index in [1.807, 2.05) is 9.80 Å². The highest BCUT2D eigenvalue weighted by Crippen LogP contribution is 2.31. The molecule has 2 saturated heterocycles. The Bertz CT molecular complexity index is 883. The molecule has 0 atom stereocenters. The van der Waals surface area contributed by atoms with Crippen LogP contribution in [0.5, 0.6) is 0 Å². The molecule has 2 aromatic rings. The van der Waals surface area contributed by atoms with Gasteiger partial charge in [-0.2, -0.15) is 0 Å². The molecular weight excluding hydrogens is 422 g/mol. The topological polar surface area (TPSA) is 92.8 Å². The van der Waals surface area contributed by atoms with Gasteiger partial charge < -0.3 is 9.80 Å². The highest BCUT2D eigenvalue weighted by atomic mass is 19.1. The van der Waals surface area contributed by atoms with Gasteiger partial charge in [-0.05, 0) is 62.8 Å². The number of piperidine rings is 2. The number of hydrogen-bond donors (Lipinski definition) is 0. The Morgan fingerprint density at radius 3 is 1.28 bits per heavy atom. The largest absolute Gasteiger partial charge is 0.366 e. The molecule has 0 unspecified atom stereocenters. The Labute approximate surface area is 184 Å². The van der Waals surface area contributed by atoms with E-state index in [1.54, 1.807) is 0 Å². The third kappa shape index (κ3) is 5.89. The second-order valence-electron chi connectivity index (χ2n) is 7.88. The first-order valence-corrected chi connectivity index (χ1v) is 10.7. The van der Waals surface area contributed by atoms with Gasteiger partial charge in [0.15, 0.2) is 0 Å². The van der Waals surface area contributed by atoms with Gasteiger partial charge in [-0.1, -0.05) is 0 Å². The Morgan fingerprint density at radius 1 is 0.625 bits per heavy atom. The predicted molar refractivity (Wildman–Crippen MR) is 118 cm³/mol. The summed E-state index contributed by atoms with van der Waals surface area (Å²) in [5.41, 5.74) is 0.793. The molecular formula is C22H26F2N4O4. The van der Waals surface area contributed by atoms with Gasteiger partial charge in [0.1, 0.15) is 23.0 Å². The normalized spacial score (nSPS) is 16.2. The summed E-state index contributed by atoms with van der Waals surface area (Å²) >= 11 is 0. The molecule has 0 spiro atoms. The zero-order chi connectivity index (χ0) is 23.1. The molecule has 0 radical (unpaired) electrons. The van der Waals surface area contributed by atoms with Crippen molar-refractivity contribution in [2.24, 2.45) is 0 Å². The SMILES string of the molecule is O=[N+]([O-])c1cc(F)ccc1N1CCCCC1.O=[N+]([O-])c1cc(F)ccc1N1CCCCC1. The van der Waals surface area contributed by atoms with Crippen LogP contribution in [-0.4, -0.2) is 36.0 Å². The van der Waals surface area contributed by atoms with Crippen molar-refractivity contribution in [3.8, 4) is 0 Å². The highest BCUT2D eigenvalue weighted by molar-refractivity contribution is 5.64. The van der Waals surface area contributed by atoms with Gasteiger partial charge in [-0.3, -0.25) is 20.2 Å². The van der Waals surface area contributed by atoms with Gasteiger partial charge in [0.2, 0.25) is 0 Å². The van der Waals surface area contributed by atoms with Crippen LogP contribution >= 0.6 is 0 Å². The number of nitrogens with zero attached hydrogens (tertiary/aromatic N) is 4. The monoisotopic (exact) mass is 448 g/mol. The first-order valence-electron chi connectivity index (χ1n) is 10.7. The summed E-state index contributed by atoms with van der Waals surface area (Å²) in [6.45, 7) is 3.25. The van der Waals surface area contributed by atoms with E-state index in [4.69, 9.17) is 0 Å². The predicted octanol–water partition coefficient (Wildman–Crippen LogP) is 5.45. The highest BCUT2D eigenvalue weighted by Gasteiger charge is 2.22. The van der Waals surface area contributed by atoms with Gasteiger partial charge >= 0.3 is 0 Å². The van der Waals surface area contributed by atoms with E-state index < -0.39 is 21.5 Å². The average molecular weight is 448 g/mol. The van der Waals surface area contributed by atoms with Crippen LogP contribution in [0.3, 0.4) is 0 Å². The quantitative estimate of drug-likeness (QED) is 0.456. The maximum atomic E-state index is 13.0. The molecule has 2 aliphatic heterocycles. The molecule has 4 rings (SSSR count). The summed E-state index contributed by atoms with van der Waals surface area (Å²) < 4.78 is 25.9. The number of nitro benzene ring substituents is 2. The molecule has 0 saturated carbocycles. The molecule has 0 N–H and O–H groups in total. The van der Waals surface area contributed by atoms with Crippen molar-refractivity contribution in [2.75, 3.05) is 36.0 Å². The molecule has 172 valence electrons.